The molecule has 0 aliphatic carbocycles. The van der Waals surface area contributed by atoms with E-state index in [4.69, 9.17) is 20.9 Å². The summed E-state index contributed by atoms with van der Waals surface area (Å²) in [6.07, 6.45) is 2.22. The summed E-state index contributed by atoms with van der Waals surface area (Å²) >= 11 is 5.62. The molecule has 0 amide bonds. The zero-order valence-electron chi connectivity index (χ0n) is 10.2. The fourth-order valence-corrected chi connectivity index (χ4v) is 1.78. The van der Waals surface area contributed by atoms with Crippen LogP contribution in [0.3, 0.4) is 0 Å². The van der Waals surface area contributed by atoms with Crippen LogP contribution >= 0.6 is 11.6 Å². The van der Waals surface area contributed by atoms with Crippen molar-refractivity contribution in [2.75, 3.05) is 13.0 Å². The van der Waals surface area contributed by atoms with Gasteiger partial charge in [-0.2, -0.15) is 4.98 Å². The first-order valence-corrected chi connectivity index (χ1v) is 6.35. The van der Waals surface area contributed by atoms with Crippen molar-refractivity contribution in [3.05, 3.63) is 41.5 Å². The molecule has 0 aliphatic heterocycles. The Hall–Kier alpha value is -1.55. The fourth-order valence-electron chi connectivity index (χ4n) is 1.65. The van der Waals surface area contributed by atoms with Crippen molar-refractivity contribution in [1.29, 1.82) is 0 Å². The van der Waals surface area contributed by atoms with Gasteiger partial charge < -0.3 is 9.26 Å². The lowest BCUT2D eigenvalue weighted by Gasteiger charge is -2.01. The number of halogens is 1. The van der Waals surface area contributed by atoms with Crippen LogP contribution in [0.2, 0.25) is 0 Å². The molecule has 0 spiro atoms. The zero-order valence-corrected chi connectivity index (χ0v) is 11.0. The molecule has 5 heteroatoms. The van der Waals surface area contributed by atoms with E-state index in [9.17, 15) is 0 Å². The van der Waals surface area contributed by atoms with Crippen LogP contribution in [0, 0.1) is 0 Å². The van der Waals surface area contributed by atoms with Gasteiger partial charge in [-0.05, 0) is 24.1 Å². The largest absolute Gasteiger partial charge is 0.497 e. The number of nitrogens with zero attached hydrogens (tertiary/aromatic N) is 2. The summed E-state index contributed by atoms with van der Waals surface area (Å²) in [5.74, 6) is 2.77. The lowest BCUT2D eigenvalue weighted by molar-refractivity contribution is 0.373. The predicted molar refractivity (Wildman–Crippen MR) is 69.1 cm³/mol. The Morgan fingerprint density at radius 2 is 2.28 bits per heavy atom. The first kappa shape index (κ1) is 12.9. The molecule has 0 aliphatic rings. The second-order valence-corrected chi connectivity index (χ2v) is 4.30. The van der Waals surface area contributed by atoms with Crippen LogP contribution in [-0.2, 0) is 12.8 Å². The molecule has 2 rings (SSSR count). The molecule has 0 N–H and O–H groups in total. The molecule has 1 aromatic carbocycles. The third kappa shape index (κ3) is 3.47. The van der Waals surface area contributed by atoms with E-state index in [1.807, 2.05) is 24.3 Å². The average Bonchev–Trinajstić information content (AvgIpc) is 2.84. The first-order valence-electron chi connectivity index (χ1n) is 5.82. The summed E-state index contributed by atoms with van der Waals surface area (Å²) in [7, 11) is 1.65. The van der Waals surface area contributed by atoms with E-state index < -0.39 is 0 Å². The molecular weight excluding hydrogens is 252 g/mol. The average molecular weight is 267 g/mol. The monoisotopic (exact) mass is 266 g/mol. The Morgan fingerprint density at radius 3 is 3.06 bits per heavy atom. The number of hydrogen-bond acceptors (Lipinski definition) is 4. The quantitative estimate of drug-likeness (QED) is 0.755. The number of ether oxygens (including phenoxy) is 1. The molecule has 0 saturated heterocycles. The van der Waals surface area contributed by atoms with E-state index >= 15 is 0 Å². The number of rotatable bonds is 6. The van der Waals surface area contributed by atoms with Crippen LogP contribution in [0.5, 0.6) is 5.75 Å². The molecule has 0 atom stereocenters. The molecule has 1 aromatic heterocycles. The van der Waals surface area contributed by atoms with E-state index in [-0.39, 0.29) is 0 Å². The van der Waals surface area contributed by atoms with E-state index in [1.165, 1.54) is 0 Å². The van der Waals surface area contributed by atoms with Gasteiger partial charge in [-0.1, -0.05) is 17.3 Å². The number of aromatic nitrogens is 2. The Bertz CT molecular complexity index is 499. The summed E-state index contributed by atoms with van der Waals surface area (Å²) in [5.41, 5.74) is 1.10. The van der Waals surface area contributed by atoms with Crippen LogP contribution in [0.25, 0.3) is 0 Å². The Kier molecular flexibility index (Phi) is 4.59. The number of methoxy groups -OCH3 is 1. The third-order valence-electron chi connectivity index (χ3n) is 2.53. The highest BCUT2D eigenvalue weighted by atomic mass is 35.5. The SMILES string of the molecule is COc1cccc(Cc2noc(CCCCl)n2)c1. The predicted octanol–water partition coefficient (Wildman–Crippen LogP) is 2.84. The minimum absolute atomic E-state index is 0.605. The van der Waals surface area contributed by atoms with Gasteiger partial charge in [0.15, 0.2) is 5.82 Å². The van der Waals surface area contributed by atoms with Crippen LogP contribution in [0.15, 0.2) is 28.8 Å². The minimum atomic E-state index is 0.605. The van der Waals surface area contributed by atoms with E-state index in [1.54, 1.807) is 7.11 Å². The van der Waals surface area contributed by atoms with E-state index in [0.29, 0.717) is 24.0 Å². The Labute approximate surface area is 111 Å². The van der Waals surface area contributed by atoms with Crippen molar-refractivity contribution < 1.29 is 9.26 Å². The summed E-state index contributed by atoms with van der Waals surface area (Å²) in [6, 6.07) is 7.83. The summed E-state index contributed by atoms with van der Waals surface area (Å²) in [5, 5.41) is 3.95. The van der Waals surface area contributed by atoms with Crippen LogP contribution in [0.4, 0.5) is 0 Å². The number of benzene rings is 1. The minimum Gasteiger partial charge on any atom is -0.497 e. The Balaban J connectivity index is 2.01. The normalized spacial score (nSPS) is 10.6. The van der Waals surface area contributed by atoms with Crippen LogP contribution in [0.1, 0.15) is 23.7 Å². The molecule has 2 aromatic rings. The highest BCUT2D eigenvalue weighted by molar-refractivity contribution is 6.17. The molecule has 0 radical (unpaired) electrons. The topological polar surface area (TPSA) is 48.2 Å². The number of alkyl halides is 1. The van der Waals surface area contributed by atoms with Crippen LogP contribution in [-0.4, -0.2) is 23.1 Å². The van der Waals surface area contributed by atoms with Gasteiger partial charge in [0.05, 0.1) is 7.11 Å². The smallest absolute Gasteiger partial charge is 0.226 e. The summed E-state index contributed by atoms with van der Waals surface area (Å²) in [6.45, 7) is 0. The highest BCUT2D eigenvalue weighted by Gasteiger charge is 2.07. The molecule has 4 nitrogen and oxygen atoms in total. The van der Waals surface area contributed by atoms with Gasteiger partial charge in [0, 0.05) is 18.7 Å². The standard InChI is InChI=1S/C13H15ClN2O2/c1-17-11-5-2-4-10(8-11)9-12-15-13(18-16-12)6-3-7-14/h2,4-5,8H,3,6-7,9H2,1H3. The van der Waals surface area contributed by atoms with Gasteiger partial charge in [0.1, 0.15) is 5.75 Å². The van der Waals surface area contributed by atoms with Gasteiger partial charge in [0.25, 0.3) is 0 Å². The lowest BCUT2D eigenvalue weighted by atomic mass is 10.1. The van der Waals surface area contributed by atoms with Crippen molar-refractivity contribution in [3.63, 3.8) is 0 Å². The summed E-state index contributed by atoms with van der Waals surface area (Å²) in [4.78, 5) is 4.32. The fraction of sp³-hybridized carbons (Fsp3) is 0.385. The van der Waals surface area contributed by atoms with Crippen molar-refractivity contribution in [3.8, 4) is 5.75 Å². The van der Waals surface area contributed by atoms with E-state index in [0.717, 1.165) is 24.2 Å². The van der Waals surface area contributed by atoms with Gasteiger partial charge in [-0.15, -0.1) is 11.6 Å². The maximum absolute atomic E-state index is 5.62. The Morgan fingerprint density at radius 1 is 1.39 bits per heavy atom. The van der Waals surface area contributed by atoms with Crippen LogP contribution < -0.4 is 4.74 Å². The molecule has 1 heterocycles. The van der Waals surface area contributed by atoms with Crippen molar-refractivity contribution >= 4 is 11.6 Å². The van der Waals surface area contributed by atoms with Gasteiger partial charge in [-0.3, -0.25) is 0 Å². The molecule has 96 valence electrons. The third-order valence-corrected chi connectivity index (χ3v) is 2.80. The zero-order chi connectivity index (χ0) is 12.8. The van der Waals surface area contributed by atoms with Crippen molar-refractivity contribution in [2.45, 2.75) is 19.3 Å². The maximum Gasteiger partial charge on any atom is 0.226 e. The molecular formula is C13H15ClN2O2. The molecule has 0 saturated carbocycles. The first-order chi connectivity index (χ1) is 8.81. The molecule has 18 heavy (non-hydrogen) atoms. The molecule has 0 bridgehead atoms. The maximum atomic E-state index is 5.62. The van der Waals surface area contributed by atoms with Gasteiger partial charge in [0.2, 0.25) is 5.89 Å². The van der Waals surface area contributed by atoms with Crippen molar-refractivity contribution in [2.24, 2.45) is 0 Å². The van der Waals surface area contributed by atoms with Crippen molar-refractivity contribution in [1.82, 2.24) is 10.1 Å². The number of aryl methyl sites for hydroxylation is 1. The second kappa shape index (κ2) is 6.40. The second-order valence-electron chi connectivity index (χ2n) is 3.93. The summed E-state index contributed by atoms with van der Waals surface area (Å²) < 4.78 is 10.3. The lowest BCUT2D eigenvalue weighted by Crippen LogP contribution is -1.93. The van der Waals surface area contributed by atoms with Gasteiger partial charge >= 0.3 is 0 Å². The van der Waals surface area contributed by atoms with E-state index in [2.05, 4.69) is 10.1 Å². The molecule has 0 fully saturated rings. The molecule has 0 unspecified atom stereocenters. The number of hydrogen-bond donors (Lipinski definition) is 0. The van der Waals surface area contributed by atoms with Gasteiger partial charge in [-0.25, -0.2) is 0 Å². The highest BCUT2D eigenvalue weighted by Crippen LogP contribution is 2.15.